The minimum atomic E-state index is -0.568. The molecular formula is C9H18O3. The smallest absolute Gasteiger partial charge is 0.0725 e. The number of aliphatic hydroxyl groups excluding tert-OH is 3. The standard InChI is InChI=1S/C9H18O3/c1-7(8(2)11)6-9(12)4-3-5-10/h3-4,7-12H,5-6H2,1-2H3. The fraction of sp³-hybridized carbons (Fsp3) is 0.778. The zero-order valence-corrected chi connectivity index (χ0v) is 7.64. The van der Waals surface area contributed by atoms with Gasteiger partial charge in [-0.15, -0.1) is 0 Å². The summed E-state index contributed by atoms with van der Waals surface area (Å²) in [7, 11) is 0. The third-order valence-corrected chi connectivity index (χ3v) is 1.90. The summed E-state index contributed by atoms with van der Waals surface area (Å²) in [6.45, 7) is 3.52. The molecule has 3 heteroatoms. The fourth-order valence-electron chi connectivity index (χ4n) is 0.874. The lowest BCUT2D eigenvalue weighted by atomic mass is 9.98. The molecule has 0 fully saturated rings. The molecule has 3 N–H and O–H groups in total. The maximum absolute atomic E-state index is 9.29. The molecule has 0 saturated heterocycles. The van der Waals surface area contributed by atoms with Crippen molar-refractivity contribution in [1.29, 1.82) is 0 Å². The Morgan fingerprint density at radius 1 is 1.25 bits per heavy atom. The van der Waals surface area contributed by atoms with Crippen LogP contribution in [0.5, 0.6) is 0 Å². The van der Waals surface area contributed by atoms with Gasteiger partial charge in [-0.05, 0) is 19.3 Å². The summed E-state index contributed by atoms with van der Waals surface area (Å²) in [5.74, 6) is 0.0725. The van der Waals surface area contributed by atoms with Crippen LogP contribution in [-0.4, -0.2) is 34.1 Å². The molecule has 3 unspecified atom stereocenters. The topological polar surface area (TPSA) is 60.7 Å². The fourth-order valence-corrected chi connectivity index (χ4v) is 0.874. The summed E-state index contributed by atoms with van der Waals surface area (Å²) in [4.78, 5) is 0. The van der Waals surface area contributed by atoms with Crippen molar-refractivity contribution in [3.05, 3.63) is 12.2 Å². The summed E-state index contributed by atoms with van der Waals surface area (Å²) in [5, 5.41) is 26.8. The molecule has 0 rings (SSSR count). The Kier molecular flexibility index (Phi) is 5.98. The number of aliphatic hydroxyl groups is 3. The molecule has 72 valence electrons. The van der Waals surface area contributed by atoms with E-state index in [0.717, 1.165) is 0 Å². The summed E-state index contributed by atoms with van der Waals surface area (Å²) in [5.41, 5.74) is 0. The molecule has 3 nitrogen and oxygen atoms in total. The number of hydrogen-bond acceptors (Lipinski definition) is 3. The van der Waals surface area contributed by atoms with Crippen molar-refractivity contribution in [2.24, 2.45) is 5.92 Å². The van der Waals surface area contributed by atoms with Crippen LogP contribution in [0.1, 0.15) is 20.3 Å². The van der Waals surface area contributed by atoms with Crippen LogP contribution in [0.25, 0.3) is 0 Å². The van der Waals surface area contributed by atoms with E-state index in [1.807, 2.05) is 6.92 Å². The minimum Gasteiger partial charge on any atom is -0.393 e. The molecule has 0 aromatic rings. The second-order valence-electron chi connectivity index (χ2n) is 3.13. The monoisotopic (exact) mass is 174 g/mol. The van der Waals surface area contributed by atoms with Crippen LogP contribution in [0.3, 0.4) is 0 Å². The van der Waals surface area contributed by atoms with Gasteiger partial charge in [0.05, 0.1) is 18.8 Å². The zero-order chi connectivity index (χ0) is 9.56. The van der Waals surface area contributed by atoms with E-state index in [-0.39, 0.29) is 12.5 Å². The first kappa shape index (κ1) is 11.6. The van der Waals surface area contributed by atoms with E-state index in [1.165, 1.54) is 6.08 Å². The summed E-state index contributed by atoms with van der Waals surface area (Å²) >= 11 is 0. The maximum atomic E-state index is 9.29. The van der Waals surface area contributed by atoms with E-state index >= 15 is 0 Å². The van der Waals surface area contributed by atoms with Crippen molar-refractivity contribution in [1.82, 2.24) is 0 Å². The van der Waals surface area contributed by atoms with Crippen LogP contribution in [0, 0.1) is 5.92 Å². The SMILES string of the molecule is CC(O)C(C)CC(O)C=CCO. The summed E-state index contributed by atoms with van der Waals surface area (Å²) in [6, 6.07) is 0. The third kappa shape index (κ3) is 5.29. The van der Waals surface area contributed by atoms with Gasteiger partial charge >= 0.3 is 0 Å². The van der Waals surface area contributed by atoms with E-state index < -0.39 is 12.2 Å². The molecule has 0 amide bonds. The Labute approximate surface area is 73.4 Å². The maximum Gasteiger partial charge on any atom is 0.0725 e. The molecule has 0 aliphatic heterocycles. The Morgan fingerprint density at radius 2 is 1.83 bits per heavy atom. The molecule has 0 aromatic heterocycles. The van der Waals surface area contributed by atoms with Gasteiger partial charge in [0.25, 0.3) is 0 Å². The minimum absolute atomic E-state index is 0.0554. The van der Waals surface area contributed by atoms with Gasteiger partial charge in [-0.1, -0.05) is 19.1 Å². The van der Waals surface area contributed by atoms with Crippen LogP contribution in [-0.2, 0) is 0 Å². The molecule has 0 radical (unpaired) electrons. The molecule has 0 saturated carbocycles. The molecule has 0 bridgehead atoms. The van der Waals surface area contributed by atoms with Gasteiger partial charge in [-0.2, -0.15) is 0 Å². The Balaban J connectivity index is 3.68. The average Bonchev–Trinajstić information content (AvgIpc) is 2.00. The molecule has 0 aliphatic rings. The second-order valence-corrected chi connectivity index (χ2v) is 3.13. The first-order valence-electron chi connectivity index (χ1n) is 4.21. The first-order valence-corrected chi connectivity index (χ1v) is 4.21. The Bertz CT molecular complexity index is 132. The molecule has 3 atom stereocenters. The normalized spacial score (nSPS) is 19.4. The quantitative estimate of drug-likeness (QED) is 0.525. The largest absolute Gasteiger partial charge is 0.393 e. The Hall–Kier alpha value is -0.380. The molecule has 0 spiro atoms. The van der Waals surface area contributed by atoms with Gasteiger partial charge in [-0.3, -0.25) is 0 Å². The number of hydrogen-bond donors (Lipinski definition) is 3. The molecule has 0 aliphatic carbocycles. The first-order chi connectivity index (χ1) is 5.57. The van der Waals surface area contributed by atoms with E-state index in [4.69, 9.17) is 10.2 Å². The van der Waals surface area contributed by atoms with Crippen LogP contribution in [0.4, 0.5) is 0 Å². The van der Waals surface area contributed by atoms with Gasteiger partial charge < -0.3 is 15.3 Å². The average molecular weight is 174 g/mol. The summed E-state index contributed by atoms with van der Waals surface area (Å²) < 4.78 is 0. The number of rotatable bonds is 5. The van der Waals surface area contributed by atoms with Crippen LogP contribution >= 0.6 is 0 Å². The van der Waals surface area contributed by atoms with Crippen LogP contribution in [0.15, 0.2) is 12.2 Å². The van der Waals surface area contributed by atoms with Crippen molar-refractivity contribution in [3.8, 4) is 0 Å². The lowest BCUT2D eigenvalue weighted by Gasteiger charge is -2.16. The van der Waals surface area contributed by atoms with Crippen LogP contribution < -0.4 is 0 Å². The zero-order valence-electron chi connectivity index (χ0n) is 7.64. The molecule has 12 heavy (non-hydrogen) atoms. The van der Waals surface area contributed by atoms with Crippen molar-refractivity contribution in [2.45, 2.75) is 32.5 Å². The van der Waals surface area contributed by atoms with E-state index in [9.17, 15) is 5.11 Å². The van der Waals surface area contributed by atoms with Crippen molar-refractivity contribution < 1.29 is 15.3 Å². The van der Waals surface area contributed by atoms with E-state index in [1.54, 1.807) is 13.0 Å². The van der Waals surface area contributed by atoms with Gasteiger partial charge in [0.15, 0.2) is 0 Å². The van der Waals surface area contributed by atoms with E-state index in [0.29, 0.717) is 6.42 Å². The van der Waals surface area contributed by atoms with Crippen molar-refractivity contribution in [2.75, 3.05) is 6.61 Å². The van der Waals surface area contributed by atoms with Gasteiger partial charge in [0, 0.05) is 0 Å². The molecular weight excluding hydrogens is 156 g/mol. The highest BCUT2D eigenvalue weighted by atomic mass is 16.3. The van der Waals surface area contributed by atoms with Crippen molar-refractivity contribution >= 4 is 0 Å². The highest BCUT2D eigenvalue weighted by Crippen LogP contribution is 2.11. The molecule has 0 aromatic carbocycles. The van der Waals surface area contributed by atoms with Gasteiger partial charge in [0.2, 0.25) is 0 Å². The predicted molar refractivity (Wildman–Crippen MR) is 47.7 cm³/mol. The summed E-state index contributed by atoms with van der Waals surface area (Å²) in [6.07, 6.45) is 2.59. The second kappa shape index (κ2) is 6.17. The highest BCUT2D eigenvalue weighted by Gasteiger charge is 2.11. The Morgan fingerprint density at radius 3 is 2.25 bits per heavy atom. The lowest BCUT2D eigenvalue weighted by molar-refractivity contribution is 0.0968. The van der Waals surface area contributed by atoms with E-state index in [2.05, 4.69) is 0 Å². The molecule has 0 heterocycles. The predicted octanol–water partition coefficient (Wildman–Crippen LogP) is 0.303. The van der Waals surface area contributed by atoms with Gasteiger partial charge in [-0.25, -0.2) is 0 Å². The highest BCUT2D eigenvalue weighted by molar-refractivity contribution is 4.89. The third-order valence-electron chi connectivity index (χ3n) is 1.90. The van der Waals surface area contributed by atoms with Crippen LogP contribution in [0.2, 0.25) is 0 Å². The van der Waals surface area contributed by atoms with Gasteiger partial charge in [0.1, 0.15) is 0 Å². The van der Waals surface area contributed by atoms with Crippen molar-refractivity contribution in [3.63, 3.8) is 0 Å². The lowest BCUT2D eigenvalue weighted by Crippen LogP contribution is -2.18.